The molecule has 0 spiro atoms. The van der Waals surface area contributed by atoms with Gasteiger partial charge in [0.2, 0.25) is 0 Å². The fourth-order valence-electron chi connectivity index (χ4n) is 1.65. The van der Waals surface area contributed by atoms with Crippen molar-refractivity contribution in [3.8, 4) is 6.07 Å². The summed E-state index contributed by atoms with van der Waals surface area (Å²) in [5, 5.41) is 11.9. The second-order valence-corrected chi connectivity index (χ2v) is 4.10. The Morgan fingerprint density at radius 1 is 1.18 bits per heavy atom. The summed E-state index contributed by atoms with van der Waals surface area (Å²) >= 11 is 0. The maximum absolute atomic E-state index is 8.56. The van der Waals surface area contributed by atoms with Crippen LogP contribution in [0.1, 0.15) is 31.2 Å². The fourth-order valence-corrected chi connectivity index (χ4v) is 1.65. The highest BCUT2D eigenvalue weighted by Crippen LogP contribution is 2.10. The zero-order valence-corrected chi connectivity index (χ0v) is 10.3. The van der Waals surface area contributed by atoms with Gasteiger partial charge in [0.25, 0.3) is 0 Å². The SMILES string of the molecule is C=CCCCCCNc1ccc(CC#N)cc1. The van der Waals surface area contributed by atoms with Crippen LogP contribution in [0.25, 0.3) is 0 Å². The van der Waals surface area contributed by atoms with Gasteiger partial charge in [-0.1, -0.05) is 24.6 Å². The molecule has 2 heteroatoms. The molecule has 2 nitrogen and oxygen atoms in total. The van der Waals surface area contributed by atoms with E-state index in [4.69, 9.17) is 5.26 Å². The first kappa shape index (κ1) is 13.3. The Labute approximate surface area is 104 Å². The van der Waals surface area contributed by atoms with E-state index in [1.807, 2.05) is 30.3 Å². The molecule has 1 N–H and O–H groups in total. The number of nitriles is 1. The highest BCUT2D eigenvalue weighted by Gasteiger charge is 1.94. The van der Waals surface area contributed by atoms with Gasteiger partial charge in [-0.15, -0.1) is 6.58 Å². The molecule has 0 aliphatic carbocycles. The number of allylic oxidation sites excluding steroid dienone is 1. The number of hydrogen-bond acceptors (Lipinski definition) is 2. The molecule has 0 aliphatic heterocycles. The molecule has 0 fully saturated rings. The van der Waals surface area contributed by atoms with Crippen molar-refractivity contribution in [3.05, 3.63) is 42.5 Å². The lowest BCUT2D eigenvalue weighted by molar-refractivity contribution is 0.709. The molecule has 0 aliphatic rings. The van der Waals surface area contributed by atoms with Gasteiger partial charge < -0.3 is 5.32 Å². The van der Waals surface area contributed by atoms with Crippen LogP contribution in [0.15, 0.2) is 36.9 Å². The zero-order chi connectivity index (χ0) is 12.3. The second-order valence-electron chi connectivity index (χ2n) is 4.10. The van der Waals surface area contributed by atoms with Gasteiger partial charge in [0.15, 0.2) is 0 Å². The quantitative estimate of drug-likeness (QED) is 0.541. The van der Waals surface area contributed by atoms with Crippen LogP contribution in [0.4, 0.5) is 5.69 Å². The van der Waals surface area contributed by atoms with Crippen LogP contribution in [0.3, 0.4) is 0 Å². The monoisotopic (exact) mass is 228 g/mol. The summed E-state index contributed by atoms with van der Waals surface area (Å²) in [5.41, 5.74) is 2.21. The molecule has 0 saturated heterocycles. The lowest BCUT2D eigenvalue weighted by atomic mass is 10.1. The van der Waals surface area contributed by atoms with Crippen molar-refractivity contribution in [2.24, 2.45) is 0 Å². The standard InChI is InChI=1S/C15H20N2/c1-2-3-4-5-6-13-17-15-9-7-14(8-10-15)11-12-16/h2,7-10,17H,1,3-6,11,13H2. The van der Waals surface area contributed by atoms with E-state index in [1.54, 1.807) is 0 Å². The molecule has 17 heavy (non-hydrogen) atoms. The summed E-state index contributed by atoms with van der Waals surface area (Å²) in [6, 6.07) is 10.2. The first-order chi connectivity index (χ1) is 8.36. The van der Waals surface area contributed by atoms with Crippen molar-refractivity contribution in [2.45, 2.75) is 32.1 Å². The van der Waals surface area contributed by atoms with Crippen molar-refractivity contribution in [3.63, 3.8) is 0 Å². The van der Waals surface area contributed by atoms with Crippen LogP contribution < -0.4 is 5.32 Å². The first-order valence-electron chi connectivity index (χ1n) is 6.17. The molecule has 0 aromatic heterocycles. The minimum absolute atomic E-state index is 0.488. The maximum atomic E-state index is 8.56. The van der Waals surface area contributed by atoms with Gasteiger partial charge in [-0.25, -0.2) is 0 Å². The van der Waals surface area contributed by atoms with E-state index < -0.39 is 0 Å². The maximum Gasteiger partial charge on any atom is 0.0669 e. The number of nitrogens with one attached hydrogen (secondary N) is 1. The van der Waals surface area contributed by atoms with Gasteiger partial charge in [-0.3, -0.25) is 0 Å². The van der Waals surface area contributed by atoms with Crippen molar-refractivity contribution < 1.29 is 0 Å². The topological polar surface area (TPSA) is 35.8 Å². The highest BCUT2D eigenvalue weighted by molar-refractivity contribution is 5.44. The molecule has 0 unspecified atom stereocenters. The minimum atomic E-state index is 0.488. The summed E-state index contributed by atoms with van der Waals surface area (Å²) in [5.74, 6) is 0. The molecular formula is C15H20N2. The highest BCUT2D eigenvalue weighted by atomic mass is 14.9. The molecule has 0 heterocycles. The lowest BCUT2D eigenvalue weighted by Crippen LogP contribution is -2.01. The van der Waals surface area contributed by atoms with E-state index in [0.29, 0.717) is 6.42 Å². The van der Waals surface area contributed by atoms with Crippen molar-refractivity contribution >= 4 is 5.69 Å². The summed E-state index contributed by atoms with van der Waals surface area (Å²) < 4.78 is 0. The average molecular weight is 228 g/mol. The predicted molar refractivity (Wildman–Crippen MR) is 72.9 cm³/mol. The molecule has 1 aromatic rings. The van der Waals surface area contributed by atoms with Gasteiger partial charge in [0.1, 0.15) is 0 Å². The number of hydrogen-bond donors (Lipinski definition) is 1. The zero-order valence-electron chi connectivity index (χ0n) is 10.3. The second kappa shape index (κ2) is 8.41. The van der Waals surface area contributed by atoms with E-state index >= 15 is 0 Å². The molecule has 90 valence electrons. The molecule has 1 aromatic carbocycles. The number of nitrogens with zero attached hydrogens (tertiary/aromatic N) is 1. The van der Waals surface area contributed by atoms with E-state index in [2.05, 4.69) is 18.0 Å². The van der Waals surface area contributed by atoms with Crippen LogP contribution in [-0.2, 0) is 6.42 Å². The lowest BCUT2D eigenvalue weighted by Gasteiger charge is -2.06. The molecule has 0 amide bonds. The van der Waals surface area contributed by atoms with Gasteiger partial charge >= 0.3 is 0 Å². The number of benzene rings is 1. The number of rotatable bonds is 8. The van der Waals surface area contributed by atoms with Crippen molar-refractivity contribution in [1.82, 2.24) is 0 Å². The molecule has 0 saturated carbocycles. The third kappa shape index (κ3) is 5.77. The van der Waals surface area contributed by atoms with Gasteiger partial charge in [0, 0.05) is 12.2 Å². The Hall–Kier alpha value is -1.75. The summed E-state index contributed by atoms with van der Waals surface area (Å²) in [4.78, 5) is 0. The van der Waals surface area contributed by atoms with Crippen LogP contribution in [0.5, 0.6) is 0 Å². The minimum Gasteiger partial charge on any atom is -0.385 e. The largest absolute Gasteiger partial charge is 0.385 e. The fraction of sp³-hybridized carbons (Fsp3) is 0.400. The van der Waals surface area contributed by atoms with E-state index in [1.165, 1.54) is 19.3 Å². The van der Waals surface area contributed by atoms with E-state index in [9.17, 15) is 0 Å². The normalized spacial score (nSPS) is 9.59. The Bertz CT molecular complexity index is 360. The third-order valence-electron chi connectivity index (χ3n) is 2.65. The third-order valence-corrected chi connectivity index (χ3v) is 2.65. The Kier molecular flexibility index (Phi) is 6.59. The molecular weight excluding hydrogens is 208 g/mol. The van der Waals surface area contributed by atoms with Crippen LogP contribution in [0, 0.1) is 11.3 Å². The van der Waals surface area contributed by atoms with Crippen molar-refractivity contribution in [1.29, 1.82) is 5.26 Å². The molecule has 0 bridgehead atoms. The Morgan fingerprint density at radius 2 is 1.94 bits per heavy atom. The first-order valence-corrected chi connectivity index (χ1v) is 6.17. The van der Waals surface area contributed by atoms with E-state index in [-0.39, 0.29) is 0 Å². The average Bonchev–Trinajstić information content (AvgIpc) is 2.36. The van der Waals surface area contributed by atoms with Gasteiger partial charge in [-0.2, -0.15) is 5.26 Å². The van der Waals surface area contributed by atoms with E-state index in [0.717, 1.165) is 24.2 Å². The molecule has 0 radical (unpaired) electrons. The van der Waals surface area contributed by atoms with Gasteiger partial charge in [0.05, 0.1) is 12.5 Å². The van der Waals surface area contributed by atoms with Gasteiger partial charge in [-0.05, 0) is 37.0 Å². The predicted octanol–water partition coefficient (Wildman–Crippen LogP) is 3.91. The molecule has 1 rings (SSSR count). The van der Waals surface area contributed by atoms with Crippen molar-refractivity contribution in [2.75, 3.05) is 11.9 Å². The summed E-state index contributed by atoms with van der Waals surface area (Å²) in [6.45, 7) is 4.72. The number of unbranched alkanes of at least 4 members (excludes halogenated alkanes) is 3. The Morgan fingerprint density at radius 3 is 2.59 bits per heavy atom. The summed E-state index contributed by atoms with van der Waals surface area (Å²) in [7, 11) is 0. The van der Waals surface area contributed by atoms with Crippen LogP contribution >= 0.6 is 0 Å². The summed E-state index contributed by atoms with van der Waals surface area (Å²) in [6.07, 6.45) is 7.23. The van der Waals surface area contributed by atoms with Crippen LogP contribution in [-0.4, -0.2) is 6.54 Å². The Balaban J connectivity index is 2.19. The van der Waals surface area contributed by atoms with Crippen LogP contribution in [0.2, 0.25) is 0 Å². The smallest absolute Gasteiger partial charge is 0.0669 e. The molecule has 0 atom stereocenters. The number of anilines is 1.